The number of likely N-dealkylation sites (tertiary alicyclic amines) is 1. The number of hydrogen-bond acceptors (Lipinski definition) is 1. The Balaban J connectivity index is 2.10. The van der Waals surface area contributed by atoms with Gasteiger partial charge >= 0.3 is 0 Å². The molecule has 70 valence electrons. The fraction of sp³-hybridized carbons (Fsp3) is 0.500. The third kappa shape index (κ3) is 2.03. The summed E-state index contributed by atoms with van der Waals surface area (Å²) in [5.74, 6) is 0. The molecule has 0 aromatic rings. The summed E-state index contributed by atoms with van der Waals surface area (Å²) in [6.07, 6.45) is 12.8. The lowest BCUT2D eigenvalue weighted by molar-refractivity contribution is 0.419. The molecular formula is C12H17N. The summed E-state index contributed by atoms with van der Waals surface area (Å²) in [5, 5.41) is 0. The molecule has 1 heteroatoms. The molecule has 1 saturated heterocycles. The maximum absolute atomic E-state index is 2.51. The van der Waals surface area contributed by atoms with E-state index in [2.05, 4.69) is 36.1 Å². The van der Waals surface area contributed by atoms with E-state index < -0.39 is 0 Å². The summed E-state index contributed by atoms with van der Waals surface area (Å²) in [6.45, 7) is 4.67. The molecule has 0 N–H and O–H groups in total. The highest BCUT2D eigenvalue weighted by Gasteiger charge is 2.13. The monoisotopic (exact) mass is 175 g/mol. The van der Waals surface area contributed by atoms with E-state index >= 15 is 0 Å². The van der Waals surface area contributed by atoms with Gasteiger partial charge in [0.1, 0.15) is 0 Å². The van der Waals surface area contributed by atoms with Crippen molar-refractivity contribution in [1.29, 1.82) is 0 Å². The third-order valence-electron chi connectivity index (χ3n) is 2.76. The zero-order valence-corrected chi connectivity index (χ0v) is 8.29. The van der Waals surface area contributed by atoms with Crippen LogP contribution in [0.3, 0.4) is 0 Å². The molecule has 2 aliphatic rings. The van der Waals surface area contributed by atoms with E-state index in [1.807, 2.05) is 0 Å². The minimum absolute atomic E-state index is 1.10. The minimum Gasteiger partial charge on any atom is -0.375 e. The lowest BCUT2D eigenvalue weighted by atomic mass is 10.2. The van der Waals surface area contributed by atoms with Crippen LogP contribution in [-0.4, -0.2) is 18.0 Å². The van der Waals surface area contributed by atoms with E-state index in [4.69, 9.17) is 0 Å². The maximum Gasteiger partial charge on any atom is 0.0175 e. The first-order valence-corrected chi connectivity index (χ1v) is 5.15. The Bertz CT molecular complexity index is 265. The van der Waals surface area contributed by atoms with Crippen molar-refractivity contribution >= 4 is 0 Å². The van der Waals surface area contributed by atoms with Gasteiger partial charge in [-0.3, -0.25) is 0 Å². The number of rotatable bonds is 1. The van der Waals surface area contributed by atoms with Crippen LogP contribution in [0.15, 0.2) is 35.6 Å². The first-order chi connectivity index (χ1) is 6.36. The Morgan fingerprint density at radius 3 is 2.69 bits per heavy atom. The van der Waals surface area contributed by atoms with E-state index in [0.29, 0.717) is 0 Å². The number of allylic oxidation sites excluding steroid dienone is 5. The van der Waals surface area contributed by atoms with Crippen LogP contribution in [0, 0.1) is 0 Å². The average Bonchev–Trinajstić information content (AvgIpc) is 2.56. The normalized spacial score (nSPS) is 22.7. The molecule has 1 fully saturated rings. The fourth-order valence-corrected chi connectivity index (χ4v) is 1.96. The van der Waals surface area contributed by atoms with Gasteiger partial charge in [-0.1, -0.05) is 23.8 Å². The Morgan fingerprint density at radius 2 is 1.92 bits per heavy atom. The molecule has 2 rings (SSSR count). The first-order valence-electron chi connectivity index (χ1n) is 5.15. The van der Waals surface area contributed by atoms with Crippen LogP contribution >= 0.6 is 0 Å². The summed E-state index contributed by atoms with van der Waals surface area (Å²) < 4.78 is 0. The lowest BCUT2D eigenvalue weighted by Crippen LogP contribution is -2.17. The standard InChI is InChI=1S/C12H17N/c1-11-5-4-6-12(8-7-11)13-9-2-3-10-13/h4-5,7-8H,2-3,6,9-10H2,1H3. The van der Waals surface area contributed by atoms with Gasteiger partial charge in [0.15, 0.2) is 0 Å². The molecule has 1 nitrogen and oxygen atoms in total. The molecular weight excluding hydrogens is 158 g/mol. The second kappa shape index (κ2) is 3.82. The Labute approximate surface area is 80.4 Å². The van der Waals surface area contributed by atoms with E-state index in [1.165, 1.54) is 37.2 Å². The Morgan fingerprint density at radius 1 is 1.15 bits per heavy atom. The minimum atomic E-state index is 1.10. The topological polar surface area (TPSA) is 3.24 Å². The fourth-order valence-electron chi connectivity index (χ4n) is 1.96. The SMILES string of the molecule is CC1=CC=C(N2CCCC2)CC=C1. The average molecular weight is 175 g/mol. The molecule has 0 bridgehead atoms. The summed E-state index contributed by atoms with van der Waals surface area (Å²) in [6, 6.07) is 0. The van der Waals surface area contributed by atoms with Crippen LogP contribution in [0.5, 0.6) is 0 Å². The van der Waals surface area contributed by atoms with Gasteiger partial charge < -0.3 is 4.90 Å². The lowest BCUT2D eigenvalue weighted by Gasteiger charge is -2.19. The van der Waals surface area contributed by atoms with E-state index in [-0.39, 0.29) is 0 Å². The van der Waals surface area contributed by atoms with Crippen LogP contribution < -0.4 is 0 Å². The predicted molar refractivity (Wildman–Crippen MR) is 56.4 cm³/mol. The molecule has 0 unspecified atom stereocenters. The summed E-state index contributed by atoms with van der Waals surface area (Å²) in [5.41, 5.74) is 2.85. The highest BCUT2D eigenvalue weighted by Crippen LogP contribution is 2.20. The molecule has 1 aliphatic heterocycles. The molecule has 13 heavy (non-hydrogen) atoms. The van der Waals surface area contributed by atoms with Crippen molar-refractivity contribution in [3.05, 3.63) is 35.6 Å². The van der Waals surface area contributed by atoms with Gasteiger partial charge in [0.05, 0.1) is 0 Å². The van der Waals surface area contributed by atoms with Gasteiger partial charge in [-0.2, -0.15) is 0 Å². The molecule has 0 aromatic carbocycles. The number of hydrogen-bond donors (Lipinski definition) is 0. The van der Waals surface area contributed by atoms with Gasteiger partial charge in [0, 0.05) is 25.2 Å². The van der Waals surface area contributed by atoms with Crippen LogP contribution in [0.25, 0.3) is 0 Å². The second-order valence-corrected chi connectivity index (χ2v) is 3.87. The van der Waals surface area contributed by atoms with Crippen molar-refractivity contribution in [3.8, 4) is 0 Å². The van der Waals surface area contributed by atoms with Crippen molar-refractivity contribution in [1.82, 2.24) is 4.90 Å². The second-order valence-electron chi connectivity index (χ2n) is 3.87. The van der Waals surface area contributed by atoms with E-state index in [9.17, 15) is 0 Å². The Hall–Kier alpha value is -0.980. The Kier molecular flexibility index (Phi) is 2.53. The quantitative estimate of drug-likeness (QED) is 0.592. The third-order valence-corrected chi connectivity index (χ3v) is 2.76. The van der Waals surface area contributed by atoms with Crippen LogP contribution in [0.2, 0.25) is 0 Å². The molecule has 0 spiro atoms. The largest absolute Gasteiger partial charge is 0.375 e. The van der Waals surface area contributed by atoms with Gasteiger partial charge in [0.25, 0.3) is 0 Å². The van der Waals surface area contributed by atoms with Crippen molar-refractivity contribution < 1.29 is 0 Å². The summed E-state index contributed by atoms with van der Waals surface area (Å²) in [7, 11) is 0. The predicted octanol–water partition coefficient (Wildman–Crippen LogP) is 2.87. The van der Waals surface area contributed by atoms with E-state index in [0.717, 1.165) is 6.42 Å². The molecule has 1 heterocycles. The van der Waals surface area contributed by atoms with Crippen molar-refractivity contribution in [3.63, 3.8) is 0 Å². The van der Waals surface area contributed by atoms with Crippen molar-refractivity contribution in [2.75, 3.05) is 13.1 Å². The van der Waals surface area contributed by atoms with E-state index in [1.54, 1.807) is 0 Å². The molecule has 1 aliphatic carbocycles. The molecule has 0 amide bonds. The van der Waals surface area contributed by atoms with Gasteiger partial charge in [0.2, 0.25) is 0 Å². The zero-order chi connectivity index (χ0) is 9.10. The van der Waals surface area contributed by atoms with Crippen molar-refractivity contribution in [2.24, 2.45) is 0 Å². The van der Waals surface area contributed by atoms with Gasteiger partial charge in [-0.15, -0.1) is 0 Å². The highest BCUT2D eigenvalue weighted by molar-refractivity contribution is 5.29. The van der Waals surface area contributed by atoms with Crippen LogP contribution in [0.1, 0.15) is 26.2 Å². The first kappa shape index (κ1) is 8.61. The summed E-state index contributed by atoms with van der Waals surface area (Å²) >= 11 is 0. The van der Waals surface area contributed by atoms with Crippen LogP contribution in [0.4, 0.5) is 0 Å². The molecule has 0 radical (unpaired) electrons. The number of nitrogens with zero attached hydrogens (tertiary/aromatic N) is 1. The maximum atomic E-state index is 2.51. The van der Waals surface area contributed by atoms with Gasteiger partial charge in [-0.05, 0) is 25.8 Å². The van der Waals surface area contributed by atoms with Crippen LogP contribution in [-0.2, 0) is 0 Å². The van der Waals surface area contributed by atoms with Gasteiger partial charge in [-0.25, -0.2) is 0 Å². The highest BCUT2D eigenvalue weighted by atomic mass is 15.1. The molecule has 0 saturated carbocycles. The summed E-state index contributed by atoms with van der Waals surface area (Å²) in [4.78, 5) is 2.51. The molecule has 0 aromatic heterocycles. The zero-order valence-electron chi connectivity index (χ0n) is 8.29. The van der Waals surface area contributed by atoms with Crippen molar-refractivity contribution in [2.45, 2.75) is 26.2 Å². The molecule has 0 atom stereocenters. The smallest absolute Gasteiger partial charge is 0.0175 e.